The maximum absolute atomic E-state index is 4.91. The fourth-order valence-electron chi connectivity index (χ4n) is 7.57. The van der Waals surface area contributed by atoms with Crippen molar-refractivity contribution in [3.63, 3.8) is 0 Å². The minimum Gasteiger partial charge on any atom is -0.261 e. The van der Waals surface area contributed by atoms with Gasteiger partial charge in [-0.2, -0.15) is 0 Å². The molecule has 0 N–H and O–H groups in total. The summed E-state index contributed by atoms with van der Waals surface area (Å²) in [5, 5.41) is 0. The highest BCUT2D eigenvalue weighted by Gasteiger charge is 2.50. The maximum Gasteiger partial charge on any atom is 0.182 e. The molecule has 0 saturated heterocycles. The topological polar surface area (TPSA) is 51.0 Å². The molecule has 0 amide bonds. The molecule has 1 aromatic heterocycles. The number of fused-ring (bicyclic) bond motifs is 9. The number of benzene rings is 6. The summed E-state index contributed by atoms with van der Waals surface area (Å²) < 4.78 is 0. The summed E-state index contributed by atoms with van der Waals surface area (Å²) in [5.41, 5.74) is 12.2. The first-order valence-corrected chi connectivity index (χ1v) is 17.8. The molecule has 0 atom stereocenters. The third-order valence-electron chi connectivity index (χ3n) is 9.84. The number of nitrogens with zero attached hydrogens (tertiary/aromatic N) is 4. The first-order valence-electron chi connectivity index (χ1n) is 17.0. The third kappa shape index (κ3) is 5.00. The average Bonchev–Trinajstić information content (AvgIpc) is 3.49. The van der Waals surface area contributed by atoms with Gasteiger partial charge in [-0.25, -0.2) is 15.0 Å². The molecular weight excluding hydrogens is 641 g/mol. The van der Waals surface area contributed by atoms with E-state index in [4.69, 9.17) is 15.0 Å². The molecule has 51 heavy (non-hydrogen) atoms. The zero-order valence-corrected chi connectivity index (χ0v) is 28.8. The lowest BCUT2D eigenvalue weighted by Crippen LogP contribution is -2.32. The van der Waals surface area contributed by atoms with Crippen molar-refractivity contribution in [3.05, 3.63) is 192 Å². The number of hydrogen-bond donors (Lipinski definition) is 0. The van der Waals surface area contributed by atoms with E-state index in [2.05, 4.69) is 127 Å². The number of hydrogen-bond acceptors (Lipinski definition) is 5. The number of aromatic nitrogens is 3. The van der Waals surface area contributed by atoms with Crippen molar-refractivity contribution in [1.29, 1.82) is 0 Å². The quantitative estimate of drug-likeness (QED) is 0.130. The highest BCUT2D eigenvalue weighted by Crippen LogP contribution is 2.62. The maximum atomic E-state index is 4.91. The molecule has 1 aliphatic carbocycles. The van der Waals surface area contributed by atoms with E-state index in [1.807, 2.05) is 67.2 Å². The van der Waals surface area contributed by atoms with Crippen molar-refractivity contribution in [2.45, 2.75) is 22.1 Å². The smallest absolute Gasteiger partial charge is 0.182 e. The Balaban J connectivity index is 1.17. The molecule has 2 heterocycles. The molecule has 6 aromatic carbocycles. The van der Waals surface area contributed by atoms with E-state index in [-0.39, 0.29) is 0 Å². The van der Waals surface area contributed by atoms with Gasteiger partial charge in [0.25, 0.3) is 0 Å². The van der Waals surface area contributed by atoms with Crippen LogP contribution in [0.5, 0.6) is 0 Å². The van der Waals surface area contributed by atoms with Crippen LogP contribution in [0.3, 0.4) is 0 Å². The van der Waals surface area contributed by atoms with Crippen LogP contribution in [0.1, 0.15) is 35.0 Å². The lowest BCUT2D eigenvalue weighted by molar-refractivity contribution is 0.723. The Morgan fingerprint density at radius 3 is 1.78 bits per heavy atom. The predicted octanol–water partition coefficient (Wildman–Crippen LogP) is 11.3. The molecule has 1 spiro atoms. The lowest BCUT2D eigenvalue weighted by atomic mass is 9.67. The van der Waals surface area contributed by atoms with Gasteiger partial charge in [-0.3, -0.25) is 4.99 Å². The van der Waals surface area contributed by atoms with Gasteiger partial charge in [0, 0.05) is 20.9 Å². The van der Waals surface area contributed by atoms with Gasteiger partial charge in [0.05, 0.1) is 5.41 Å². The van der Waals surface area contributed by atoms with Gasteiger partial charge >= 0.3 is 0 Å². The molecule has 4 nitrogen and oxygen atoms in total. The summed E-state index contributed by atoms with van der Waals surface area (Å²) in [6.45, 7) is 5.74. The molecule has 0 radical (unpaired) electrons. The second-order valence-electron chi connectivity index (χ2n) is 12.6. The molecule has 2 aliphatic rings. The molecule has 9 rings (SSSR count). The zero-order chi connectivity index (χ0) is 34.4. The number of rotatable bonds is 6. The van der Waals surface area contributed by atoms with Crippen molar-refractivity contribution >= 4 is 24.2 Å². The van der Waals surface area contributed by atoms with Crippen LogP contribution in [-0.4, -0.2) is 21.7 Å². The van der Waals surface area contributed by atoms with E-state index in [0.29, 0.717) is 23.2 Å². The van der Waals surface area contributed by atoms with Crippen molar-refractivity contribution < 1.29 is 0 Å². The van der Waals surface area contributed by atoms with E-state index in [9.17, 15) is 0 Å². The Morgan fingerprint density at radius 2 is 1.12 bits per heavy atom. The van der Waals surface area contributed by atoms with Crippen LogP contribution in [-0.2, 0) is 5.41 Å². The van der Waals surface area contributed by atoms with E-state index in [1.165, 1.54) is 43.2 Å². The van der Waals surface area contributed by atoms with Gasteiger partial charge in [-0.1, -0.05) is 151 Å². The molecular formula is C46H32N4S. The third-order valence-corrected chi connectivity index (χ3v) is 11.0. The summed E-state index contributed by atoms with van der Waals surface area (Å²) in [6, 6.07) is 52.2. The van der Waals surface area contributed by atoms with E-state index in [0.717, 1.165) is 22.3 Å². The lowest BCUT2D eigenvalue weighted by Gasteiger charge is -2.40. The van der Waals surface area contributed by atoms with E-state index in [1.54, 1.807) is 0 Å². The predicted molar refractivity (Wildman–Crippen MR) is 210 cm³/mol. The second kappa shape index (κ2) is 12.6. The molecule has 0 saturated carbocycles. The Labute approximate surface area is 302 Å². The molecule has 242 valence electrons. The van der Waals surface area contributed by atoms with Crippen molar-refractivity contribution in [2.24, 2.45) is 4.99 Å². The van der Waals surface area contributed by atoms with Crippen LogP contribution in [0.4, 0.5) is 0 Å². The molecule has 0 fully saturated rings. The zero-order valence-electron chi connectivity index (χ0n) is 28.0. The van der Waals surface area contributed by atoms with Crippen molar-refractivity contribution in [3.8, 4) is 45.0 Å². The van der Waals surface area contributed by atoms with Gasteiger partial charge < -0.3 is 0 Å². The first kappa shape index (κ1) is 30.9. The van der Waals surface area contributed by atoms with Gasteiger partial charge in [0.1, 0.15) is 5.70 Å². The molecule has 0 unspecified atom stereocenters. The SMILES string of the molecule is C=N/C(=C\C=C/C)c1nc(-c2ccccc2)nc(-c2ccc(-c3ccc4c(c3)C3(c5ccccc5S4)c4ccccc4-c4ccccc43)cc2)n1. The van der Waals surface area contributed by atoms with Gasteiger partial charge in [-0.05, 0) is 82.4 Å². The molecule has 0 bridgehead atoms. The summed E-state index contributed by atoms with van der Waals surface area (Å²) in [5.74, 6) is 1.65. The van der Waals surface area contributed by atoms with Crippen LogP contribution in [0.2, 0.25) is 0 Å². The van der Waals surface area contributed by atoms with Crippen LogP contribution in [0.25, 0.3) is 50.7 Å². The minimum atomic E-state index is -0.410. The summed E-state index contributed by atoms with van der Waals surface area (Å²) in [6.07, 6.45) is 5.71. The normalized spacial score (nSPS) is 13.8. The Morgan fingerprint density at radius 1 is 0.569 bits per heavy atom. The molecule has 1 aliphatic heterocycles. The van der Waals surface area contributed by atoms with Crippen LogP contribution < -0.4 is 0 Å². The fraction of sp³-hybridized carbons (Fsp3) is 0.0435. The Kier molecular flexibility index (Phi) is 7.63. The summed E-state index contributed by atoms with van der Waals surface area (Å²) in [7, 11) is 0. The van der Waals surface area contributed by atoms with E-state index < -0.39 is 5.41 Å². The van der Waals surface area contributed by atoms with Gasteiger partial charge in [-0.15, -0.1) is 0 Å². The fourth-order valence-corrected chi connectivity index (χ4v) is 8.74. The van der Waals surface area contributed by atoms with E-state index >= 15 is 0 Å². The van der Waals surface area contributed by atoms with Crippen molar-refractivity contribution in [1.82, 2.24) is 15.0 Å². The minimum absolute atomic E-state index is 0.410. The first-order chi connectivity index (χ1) is 25.2. The van der Waals surface area contributed by atoms with Gasteiger partial charge in [0.15, 0.2) is 17.5 Å². The molecule has 5 heteroatoms. The molecule has 7 aromatic rings. The highest BCUT2D eigenvalue weighted by atomic mass is 32.2. The average molecular weight is 673 g/mol. The van der Waals surface area contributed by atoms with Crippen LogP contribution >= 0.6 is 11.8 Å². The highest BCUT2D eigenvalue weighted by molar-refractivity contribution is 7.99. The van der Waals surface area contributed by atoms with Crippen LogP contribution in [0.15, 0.2) is 179 Å². The van der Waals surface area contributed by atoms with Crippen molar-refractivity contribution in [2.75, 3.05) is 0 Å². The Hall–Kier alpha value is -6.17. The largest absolute Gasteiger partial charge is 0.261 e. The summed E-state index contributed by atoms with van der Waals surface area (Å²) >= 11 is 1.86. The summed E-state index contributed by atoms with van der Waals surface area (Å²) in [4.78, 5) is 21.4. The number of allylic oxidation sites excluding steroid dienone is 3. The Bertz CT molecular complexity index is 2490. The van der Waals surface area contributed by atoms with Crippen LogP contribution in [0, 0.1) is 0 Å². The number of aliphatic imine (C=N–C) groups is 1. The monoisotopic (exact) mass is 672 g/mol. The standard InChI is InChI=1S/C46H32N4S/c1-3-4-21-40(47-2)45-49-43(31-14-6-5-7-15-31)48-44(50-45)32-25-23-30(24-26-32)33-27-28-42-39(29-33)46(38-20-12-13-22-41(38)51-42)36-18-10-8-16-34(36)35-17-9-11-19-37(35)46/h3-29H,2H2,1H3/b4-3-,40-21-. The second-order valence-corrected chi connectivity index (χ2v) is 13.7. The van der Waals surface area contributed by atoms with Gasteiger partial charge in [0.2, 0.25) is 0 Å².